The Labute approximate surface area is 137 Å². The van der Waals surface area contributed by atoms with E-state index in [9.17, 15) is 23.2 Å². The molecule has 1 aromatic carbocycles. The van der Waals surface area contributed by atoms with E-state index in [-0.39, 0.29) is 17.4 Å². The van der Waals surface area contributed by atoms with Crippen molar-refractivity contribution in [1.29, 1.82) is 0 Å². The summed E-state index contributed by atoms with van der Waals surface area (Å²) in [5.41, 5.74) is -1.81. The Kier molecular flexibility index (Phi) is 3.86. The predicted molar refractivity (Wildman–Crippen MR) is 80.1 cm³/mol. The Bertz CT molecular complexity index is 763. The van der Waals surface area contributed by atoms with Crippen molar-refractivity contribution in [3.8, 4) is 0 Å². The molecule has 1 aromatic rings. The van der Waals surface area contributed by atoms with Crippen LogP contribution in [-0.4, -0.2) is 24.6 Å². The summed E-state index contributed by atoms with van der Waals surface area (Å²) in [4.78, 5) is 37.2. The molecule has 4 nitrogen and oxygen atoms in total. The van der Waals surface area contributed by atoms with Gasteiger partial charge in [0.05, 0.1) is 12.7 Å². The first-order valence-electron chi connectivity index (χ1n) is 7.67. The van der Waals surface area contributed by atoms with Crippen LogP contribution in [0.25, 0.3) is 0 Å². The number of hydrogen-bond donors (Lipinski definition) is 0. The first kappa shape index (κ1) is 16.5. The number of ether oxygens (including phenoxy) is 1. The number of hydrogen-bond acceptors (Lipinski definition) is 4. The van der Waals surface area contributed by atoms with Crippen LogP contribution in [0.2, 0.25) is 0 Å². The number of carbonyl (C=O) groups is 3. The monoisotopic (exact) mass is 334 g/mol. The van der Waals surface area contributed by atoms with Crippen molar-refractivity contribution >= 4 is 17.5 Å². The van der Waals surface area contributed by atoms with Gasteiger partial charge in [-0.3, -0.25) is 14.4 Å². The predicted octanol–water partition coefficient (Wildman–Crippen LogP) is 2.86. The molecule has 126 valence electrons. The topological polar surface area (TPSA) is 60.4 Å². The number of halogens is 2. The molecule has 2 saturated carbocycles. The Morgan fingerprint density at radius 2 is 1.92 bits per heavy atom. The van der Waals surface area contributed by atoms with Crippen molar-refractivity contribution in [1.82, 2.24) is 0 Å². The fourth-order valence-electron chi connectivity index (χ4n) is 4.06. The van der Waals surface area contributed by atoms with E-state index in [4.69, 9.17) is 4.74 Å². The van der Waals surface area contributed by atoms with Crippen LogP contribution < -0.4 is 0 Å². The van der Waals surface area contributed by atoms with E-state index in [1.807, 2.05) is 0 Å². The van der Waals surface area contributed by atoms with Crippen LogP contribution in [-0.2, 0) is 14.3 Å². The molecule has 2 fully saturated rings. The SMILES string of the molecule is COC(=O)[C@@]12CC[C@@H](/C(=C/C(=O)c3c(F)cccc3F)C1=O)C2C. The van der Waals surface area contributed by atoms with Gasteiger partial charge in [-0.1, -0.05) is 13.0 Å². The normalized spacial score (nSPS) is 30.0. The molecule has 0 aliphatic heterocycles. The van der Waals surface area contributed by atoms with Gasteiger partial charge in [0.1, 0.15) is 17.0 Å². The summed E-state index contributed by atoms with van der Waals surface area (Å²) in [7, 11) is 1.21. The molecule has 0 N–H and O–H groups in total. The molecule has 0 spiro atoms. The van der Waals surface area contributed by atoms with E-state index in [0.29, 0.717) is 12.8 Å². The van der Waals surface area contributed by atoms with Crippen molar-refractivity contribution in [2.24, 2.45) is 17.3 Å². The lowest BCUT2D eigenvalue weighted by Gasteiger charge is -2.24. The maximum absolute atomic E-state index is 13.7. The third-order valence-electron chi connectivity index (χ3n) is 5.34. The molecule has 1 unspecified atom stereocenters. The van der Waals surface area contributed by atoms with Gasteiger partial charge in [0.2, 0.25) is 0 Å². The molecule has 0 heterocycles. The molecule has 3 rings (SSSR count). The van der Waals surface area contributed by atoms with E-state index >= 15 is 0 Å². The van der Waals surface area contributed by atoms with Crippen LogP contribution in [0.5, 0.6) is 0 Å². The van der Waals surface area contributed by atoms with Crippen molar-refractivity contribution < 1.29 is 27.9 Å². The van der Waals surface area contributed by atoms with Gasteiger partial charge in [-0.2, -0.15) is 0 Å². The second-order valence-electron chi connectivity index (χ2n) is 6.29. The van der Waals surface area contributed by atoms with Gasteiger partial charge in [-0.05, 0) is 42.9 Å². The summed E-state index contributed by atoms with van der Waals surface area (Å²) in [6, 6.07) is 3.12. The van der Waals surface area contributed by atoms with Crippen LogP contribution in [0.1, 0.15) is 30.1 Å². The fourth-order valence-corrected chi connectivity index (χ4v) is 4.06. The average Bonchev–Trinajstić information content (AvgIpc) is 2.97. The van der Waals surface area contributed by atoms with E-state index < -0.39 is 40.1 Å². The molecule has 2 aliphatic carbocycles. The molecule has 24 heavy (non-hydrogen) atoms. The molecule has 0 saturated heterocycles. The standard InChI is InChI=1S/C18H16F2O4/c1-9-10-6-7-18(9,17(23)24-2)16(22)11(10)8-14(21)15-12(19)4-3-5-13(15)20/h3-5,8-10H,6-7H2,1-2H3/b11-8-/t9?,10-,18-/m1/s1. The zero-order chi connectivity index (χ0) is 17.6. The Morgan fingerprint density at radius 3 is 2.50 bits per heavy atom. The zero-order valence-electron chi connectivity index (χ0n) is 13.3. The summed E-state index contributed by atoms with van der Waals surface area (Å²) in [5, 5.41) is 0. The molecule has 0 radical (unpaired) electrons. The van der Waals surface area contributed by atoms with Gasteiger partial charge in [0, 0.05) is 5.57 Å². The van der Waals surface area contributed by atoms with Crippen LogP contribution in [0, 0.1) is 28.9 Å². The second kappa shape index (κ2) is 5.61. The number of ketones is 2. The molecule has 0 amide bonds. The van der Waals surface area contributed by atoms with Gasteiger partial charge in [-0.15, -0.1) is 0 Å². The van der Waals surface area contributed by atoms with Gasteiger partial charge < -0.3 is 4.74 Å². The lowest BCUT2D eigenvalue weighted by Crippen LogP contribution is -2.39. The van der Waals surface area contributed by atoms with Gasteiger partial charge in [0.25, 0.3) is 0 Å². The van der Waals surface area contributed by atoms with Crippen molar-refractivity contribution in [3.05, 3.63) is 47.0 Å². The average molecular weight is 334 g/mol. The minimum atomic E-state index is -1.28. The van der Waals surface area contributed by atoms with E-state index in [2.05, 4.69) is 0 Å². The molecule has 6 heteroatoms. The Morgan fingerprint density at radius 1 is 1.29 bits per heavy atom. The summed E-state index contributed by atoms with van der Waals surface area (Å²) in [6.45, 7) is 1.77. The quantitative estimate of drug-likeness (QED) is 0.369. The molecule has 3 atom stereocenters. The highest BCUT2D eigenvalue weighted by Gasteiger charge is 2.65. The molecule has 2 aliphatic rings. The van der Waals surface area contributed by atoms with Crippen LogP contribution >= 0.6 is 0 Å². The highest BCUT2D eigenvalue weighted by Crippen LogP contribution is 2.58. The summed E-state index contributed by atoms with van der Waals surface area (Å²) in [6.07, 6.45) is 1.90. The number of Topliss-reactive ketones (excluding diaryl/α,β-unsaturated/α-hetero) is 1. The molecule has 0 aromatic heterocycles. The summed E-state index contributed by atoms with van der Waals surface area (Å²) < 4.78 is 32.3. The van der Waals surface area contributed by atoms with Gasteiger partial charge >= 0.3 is 5.97 Å². The van der Waals surface area contributed by atoms with Gasteiger partial charge in [0.15, 0.2) is 11.6 Å². The minimum Gasteiger partial charge on any atom is -0.468 e. The van der Waals surface area contributed by atoms with Crippen molar-refractivity contribution in [2.45, 2.75) is 19.8 Å². The third kappa shape index (κ3) is 2.05. The third-order valence-corrected chi connectivity index (χ3v) is 5.34. The number of benzene rings is 1. The lowest BCUT2D eigenvalue weighted by molar-refractivity contribution is -0.157. The zero-order valence-corrected chi connectivity index (χ0v) is 13.3. The highest BCUT2D eigenvalue weighted by molar-refractivity contribution is 6.19. The fraction of sp³-hybridized carbons (Fsp3) is 0.389. The van der Waals surface area contributed by atoms with E-state index in [1.165, 1.54) is 7.11 Å². The molecule has 2 bridgehead atoms. The van der Waals surface area contributed by atoms with Crippen molar-refractivity contribution in [3.63, 3.8) is 0 Å². The Balaban J connectivity index is 2.02. The first-order chi connectivity index (χ1) is 11.3. The first-order valence-corrected chi connectivity index (χ1v) is 7.67. The number of carbonyl (C=O) groups excluding carboxylic acids is 3. The van der Waals surface area contributed by atoms with Crippen LogP contribution in [0.3, 0.4) is 0 Å². The van der Waals surface area contributed by atoms with Gasteiger partial charge in [-0.25, -0.2) is 8.78 Å². The second-order valence-corrected chi connectivity index (χ2v) is 6.29. The van der Waals surface area contributed by atoms with E-state index in [0.717, 1.165) is 24.3 Å². The minimum absolute atomic E-state index is 0.159. The van der Waals surface area contributed by atoms with Crippen LogP contribution in [0.4, 0.5) is 8.78 Å². The summed E-state index contributed by atoms with van der Waals surface area (Å²) in [5.74, 6) is -4.55. The maximum Gasteiger partial charge on any atom is 0.320 e. The number of esters is 1. The Hall–Kier alpha value is -2.37. The summed E-state index contributed by atoms with van der Waals surface area (Å²) >= 11 is 0. The smallest absolute Gasteiger partial charge is 0.320 e. The number of methoxy groups -OCH3 is 1. The number of fused-ring (bicyclic) bond motifs is 2. The maximum atomic E-state index is 13.7. The largest absolute Gasteiger partial charge is 0.468 e. The van der Waals surface area contributed by atoms with Crippen LogP contribution in [0.15, 0.2) is 29.8 Å². The number of rotatable bonds is 3. The van der Waals surface area contributed by atoms with Crippen molar-refractivity contribution in [2.75, 3.05) is 7.11 Å². The van der Waals surface area contributed by atoms with E-state index in [1.54, 1.807) is 6.92 Å². The number of allylic oxidation sites excluding steroid dienone is 2. The molecular formula is C18H16F2O4. The molecular weight excluding hydrogens is 318 g/mol. The highest BCUT2D eigenvalue weighted by atomic mass is 19.1. The lowest BCUT2D eigenvalue weighted by atomic mass is 9.78.